The number of thiophene rings is 2. The quantitative estimate of drug-likeness (QED) is 0.0794. The van der Waals surface area contributed by atoms with Gasteiger partial charge in [-0.2, -0.15) is 0 Å². The third-order valence-corrected chi connectivity index (χ3v) is 31.7. The summed E-state index contributed by atoms with van der Waals surface area (Å²) in [6.45, 7) is 0. The fourth-order valence-electron chi connectivity index (χ4n) is 22.4. The van der Waals surface area contributed by atoms with Crippen molar-refractivity contribution < 1.29 is 0 Å². The van der Waals surface area contributed by atoms with E-state index in [1.54, 1.807) is 0 Å². The topological polar surface area (TPSA) is 13.0 Å². The maximum Gasteiger partial charge on any atom is 0.0540 e. The lowest BCUT2D eigenvalue weighted by Crippen LogP contribution is -2.10. The number of para-hydroxylation sites is 4. The van der Waals surface area contributed by atoms with Crippen LogP contribution < -0.4 is 19.6 Å². The Kier molecular flexibility index (Phi) is 22.0. The highest BCUT2D eigenvalue weighted by molar-refractivity contribution is 7.26. The highest BCUT2D eigenvalue weighted by Gasteiger charge is 2.26. The molecule has 0 aliphatic heterocycles. The molecule has 0 bridgehead atoms. The molecule has 4 nitrogen and oxygen atoms in total. The van der Waals surface area contributed by atoms with Crippen molar-refractivity contribution in [3.8, 4) is 66.8 Å². The lowest BCUT2D eigenvalue weighted by Gasteiger charge is -2.28. The maximum absolute atomic E-state index is 2.43. The van der Waals surface area contributed by atoms with Crippen molar-refractivity contribution >= 4 is 217 Å². The first-order valence-corrected chi connectivity index (χ1v) is 51.6. The van der Waals surface area contributed by atoms with Crippen LogP contribution >= 0.6 is 22.7 Å². The molecular weight excluding hydrogens is 1800 g/mol. The van der Waals surface area contributed by atoms with Crippen LogP contribution in [-0.4, -0.2) is 0 Å². The molecule has 684 valence electrons. The molecule has 26 aromatic carbocycles. The lowest BCUT2D eigenvalue weighted by atomic mass is 9.92. The van der Waals surface area contributed by atoms with Gasteiger partial charge in [0.1, 0.15) is 0 Å². The largest absolute Gasteiger partial charge is 0.311 e. The van der Waals surface area contributed by atoms with Gasteiger partial charge in [0, 0.05) is 114 Å². The molecule has 0 N–H and O–H groups in total. The first-order chi connectivity index (χ1) is 72.4. The molecule has 0 spiro atoms. The van der Waals surface area contributed by atoms with Crippen LogP contribution in [0.4, 0.5) is 68.2 Å². The van der Waals surface area contributed by atoms with E-state index in [0.717, 1.165) is 84.9 Å². The summed E-state index contributed by atoms with van der Waals surface area (Å²) in [5.41, 5.74) is 27.7. The Morgan fingerprint density at radius 3 is 0.692 bits per heavy atom. The number of nitrogens with zero attached hydrogens (tertiary/aromatic N) is 4. The summed E-state index contributed by atoms with van der Waals surface area (Å²) in [4.78, 5) is 9.48. The predicted molar refractivity (Wildman–Crippen MR) is 630 cm³/mol. The fraction of sp³-hybridized carbons (Fsp3) is 0. The van der Waals surface area contributed by atoms with Crippen LogP contribution in [-0.2, 0) is 0 Å². The predicted octanol–water partition coefficient (Wildman–Crippen LogP) is 41.2. The summed E-state index contributed by atoms with van der Waals surface area (Å²) in [6, 6.07) is 204. The van der Waals surface area contributed by atoms with Gasteiger partial charge >= 0.3 is 0 Å². The van der Waals surface area contributed by atoms with E-state index in [2.05, 4.69) is 578 Å². The molecule has 28 aromatic rings. The molecular formula is C140H92N4S2. The van der Waals surface area contributed by atoms with E-state index in [1.807, 2.05) is 22.7 Å². The molecule has 6 heteroatoms. The zero-order chi connectivity index (χ0) is 96.5. The normalized spacial score (nSPS) is 11.6. The van der Waals surface area contributed by atoms with Crippen LogP contribution in [0.15, 0.2) is 558 Å². The average Bonchev–Trinajstić information content (AvgIpc) is 1.18. The smallest absolute Gasteiger partial charge is 0.0540 e. The molecule has 0 aliphatic carbocycles. The Morgan fingerprint density at radius 2 is 0.336 bits per heavy atom. The van der Waals surface area contributed by atoms with E-state index < -0.39 is 0 Å². The van der Waals surface area contributed by atoms with E-state index >= 15 is 0 Å². The molecule has 28 rings (SSSR count). The van der Waals surface area contributed by atoms with Gasteiger partial charge in [0.15, 0.2) is 0 Å². The van der Waals surface area contributed by atoms with Gasteiger partial charge in [-0.3, -0.25) is 0 Å². The Hall–Kier alpha value is -18.6. The molecule has 0 unspecified atom stereocenters. The Morgan fingerprint density at radius 1 is 0.110 bits per heavy atom. The first kappa shape index (κ1) is 86.5. The summed E-state index contributed by atoms with van der Waals surface area (Å²) in [5.74, 6) is 0. The summed E-state index contributed by atoms with van der Waals surface area (Å²) in [5, 5.41) is 25.4. The van der Waals surface area contributed by atoms with Crippen molar-refractivity contribution in [3.63, 3.8) is 0 Å². The number of hydrogen-bond acceptors (Lipinski definition) is 6. The van der Waals surface area contributed by atoms with Crippen LogP contribution in [0.5, 0.6) is 0 Å². The van der Waals surface area contributed by atoms with Gasteiger partial charge in [-0.05, 0) is 294 Å². The molecule has 0 fully saturated rings. The van der Waals surface area contributed by atoms with Crippen LogP contribution in [0.3, 0.4) is 0 Å². The van der Waals surface area contributed by atoms with Crippen LogP contribution in [0.2, 0.25) is 0 Å². The highest BCUT2D eigenvalue weighted by atomic mass is 32.1. The molecule has 0 saturated carbocycles. The fourth-order valence-corrected chi connectivity index (χ4v) is 24.9. The van der Waals surface area contributed by atoms with Crippen LogP contribution in [0.1, 0.15) is 0 Å². The first-order valence-electron chi connectivity index (χ1n) is 50.0. The molecule has 2 heterocycles. The van der Waals surface area contributed by atoms with Crippen molar-refractivity contribution in [3.05, 3.63) is 558 Å². The highest BCUT2D eigenvalue weighted by Crippen LogP contribution is 2.52. The molecule has 0 saturated heterocycles. The van der Waals surface area contributed by atoms with Gasteiger partial charge in [-0.1, -0.05) is 400 Å². The van der Waals surface area contributed by atoms with Crippen LogP contribution in [0.25, 0.3) is 193 Å². The minimum atomic E-state index is 1.08. The van der Waals surface area contributed by atoms with Crippen molar-refractivity contribution in [2.75, 3.05) is 19.6 Å². The lowest BCUT2D eigenvalue weighted by molar-refractivity contribution is 1.28. The Balaban J connectivity index is 0.000000145. The molecule has 0 atom stereocenters. The second kappa shape index (κ2) is 37.1. The summed E-state index contributed by atoms with van der Waals surface area (Å²) in [6.07, 6.45) is 0. The molecule has 0 radical (unpaired) electrons. The second-order valence-corrected chi connectivity index (χ2v) is 39.7. The minimum absolute atomic E-state index is 1.08. The number of benzene rings is 26. The zero-order valence-electron chi connectivity index (χ0n) is 79.7. The zero-order valence-corrected chi connectivity index (χ0v) is 81.4. The maximum atomic E-state index is 2.43. The van der Waals surface area contributed by atoms with Gasteiger partial charge in [0.25, 0.3) is 0 Å². The average molecular weight is 1890 g/mol. The minimum Gasteiger partial charge on any atom is -0.311 e. The van der Waals surface area contributed by atoms with Crippen molar-refractivity contribution in [2.45, 2.75) is 0 Å². The monoisotopic (exact) mass is 1890 g/mol. The van der Waals surface area contributed by atoms with Gasteiger partial charge < -0.3 is 19.6 Å². The van der Waals surface area contributed by atoms with Gasteiger partial charge in [0.2, 0.25) is 0 Å². The van der Waals surface area contributed by atoms with E-state index in [0.29, 0.717) is 0 Å². The molecule has 2 aromatic heterocycles. The van der Waals surface area contributed by atoms with Crippen molar-refractivity contribution in [1.82, 2.24) is 0 Å². The second-order valence-electron chi connectivity index (χ2n) is 37.6. The van der Waals surface area contributed by atoms with E-state index in [9.17, 15) is 0 Å². The van der Waals surface area contributed by atoms with E-state index in [-0.39, 0.29) is 0 Å². The molecule has 0 amide bonds. The number of rotatable bonds is 18. The third-order valence-electron chi connectivity index (χ3n) is 29.3. The summed E-state index contributed by atoms with van der Waals surface area (Å²) >= 11 is 3.76. The summed E-state index contributed by atoms with van der Waals surface area (Å²) < 4.78 is 5.27. The molecule has 0 aliphatic rings. The van der Waals surface area contributed by atoms with E-state index in [4.69, 9.17) is 0 Å². The van der Waals surface area contributed by atoms with Crippen molar-refractivity contribution in [1.29, 1.82) is 0 Å². The van der Waals surface area contributed by atoms with E-state index in [1.165, 1.54) is 177 Å². The van der Waals surface area contributed by atoms with Gasteiger partial charge in [-0.25, -0.2) is 0 Å². The summed E-state index contributed by atoms with van der Waals surface area (Å²) in [7, 11) is 0. The molecule has 146 heavy (non-hydrogen) atoms. The number of hydrogen-bond donors (Lipinski definition) is 0. The van der Waals surface area contributed by atoms with Gasteiger partial charge in [0.05, 0.1) is 11.4 Å². The number of fused-ring (bicyclic) bond motifs is 20. The third kappa shape index (κ3) is 15.5. The SMILES string of the molecule is c1ccc(N(c2ccccc2)c2ccc(-c3ccc(N(c4ccc(-c5ccc6c7ccccc7c7ccccc7c6c5)cc4)c4ccc(-c5cccc6c5sc5ccccc56)c5ccccc45)cc3)cc2)cc1.c1ccc(N(c2ccccc2)c2ccc(-c3ccc(N(c4ccc(-c5ccc6c7ccccc7c7ccccc7c6c5)cc4)c4ccc(-c5cccc6c5sc5ccccc56)cc4)cc3)c3ccccc23)cc1. The Labute approximate surface area is 855 Å². The Bertz CT molecular complexity index is 9690. The van der Waals surface area contributed by atoms with Gasteiger partial charge in [-0.15, -0.1) is 22.7 Å². The van der Waals surface area contributed by atoms with Crippen LogP contribution in [0, 0.1) is 0 Å². The van der Waals surface area contributed by atoms with Crippen molar-refractivity contribution in [2.24, 2.45) is 0 Å². The number of anilines is 12. The standard InChI is InChI=1S/2C70H46N2S/c1-3-16-51(17-4-1)72(52-18-5-2-6-19-52)68-45-44-56(58-20-11-12-25-64(58)68)48-32-39-54(40-33-48)71(55-41-34-49(35-42-55)57-27-15-28-66-65-26-13-14-29-69(65)73-70(57)66)53-37-30-47(31-38-53)50-36-43-63-61-23-8-7-21-59(61)60-22-9-10-24-62(60)67(63)46-50;1-3-16-51(17-4-1)71(52-18-5-2-6-19-52)53-37-30-47(31-38-53)48-32-39-54(40-33-48)72(68-45-44-61(59-23-11-12-25-63(59)68)65-27-15-28-66-64-26-13-14-29-69(64)73-70(65)66)55-41-34-49(35-42-55)50-36-43-62-58-22-8-7-20-56(58)57-21-9-10-24-60(57)67(62)46-50/h2*1-46H.